The number of nitrogens with zero attached hydrogens (tertiary/aromatic N) is 1. The van der Waals surface area contributed by atoms with Crippen LogP contribution in [0.1, 0.15) is 18.2 Å². The number of halogens is 1. The Morgan fingerprint density at radius 2 is 1.75 bits per heavy atom. The molecule has 0 aliphatic carbocycles. The molecule has 3 aromatic rings. The molecule has 0 spiro atoms. The number of fused-ring (bicyclic) bond motifs is 1. The molecule has 0 aliphatic rings. The van der Waals surface area contributed by atoms with Crippen molar-refractivity contribution in [3.63, 3.8) is 0 Å². The summed E-state index contributed by atoms with van der Waals surface area (Å²) in [6.45, 7) is 5.98. The first-order valence-electron chi connectivity index (χ1n) is 7.62. The van der Waals surface area contributed by atoms with E-state index in [1.807, 2.05) is 13.8 Å². The average Bonchev–Trinajstić information content (AvgIpc) is 2.80. The molecule has 3 rings (SSSR count). The smallest absolute Gasteiger partial charge is 0.268 e. The topological polar surface area (TPSA) is 48.3 Å². The molecule has 0 fully saturated rings. The number of hydrogen-bond acceptors (Lipinski definition) is 3. The van der Waals surface area contributed by atoms with Gasteiger partial charge in [-0.15, -0.1) is 0 Å². The Bertz CT molecular complexity index is 1000. The summed E-state index contributed by atoms with van der Waals surface area (Å²) in [7, 11) is -3.75. The van der Waals surface area contributed by atoms with Crippen LogP contribution in [0.25, 0.3) is 10.9 Å². The molecule has 126 valence electrons. The van der Waals surface area contributed by atoms with E-state index >= 15 is 0 Å². The van der Waals surface area contributed by atoms with Gasteiger partial charge in [0.15, 0.2) is 0 Å². The van der Waals surface area contributed by atoms with Crippen LogP contribution in [-0.4, -0.2) is 19.0 Å². The normalized spacial score (nSPS) is 11.8. The van der Waals surface area contributed by atoms with Crippen molar-refractivity contribution in [1.29, 1.82) is 0 Å². The van der Waals surface area contributed by atoms with E-state index in [0.717, 1.165) is 10.9 Å². The van der Waals surface area contributed by atoms with E-state index in [2.05, 4.69) is 0 Å². The second kappa shape index (κ2) is 6.15. The Morgan fingerprint density at radius 3 is 2.38 bits per heavy atom. The highest BCUT2D eigenvalue weighted by molar-refractivity contribution is 7.90. The highest BCUT2D eigenvalue weighted by Gasteiger charge is 2.25. The van der Waals surface area contributed by atoms with E-state index in [9.17, 15) is 8.42 Å². The minimum absolute atomic E-state index is 0.233. The van der Waals surface area contributed by atoms with Crippen molar-refractivity contribution in [2.24, 2.45) is 0 Å². The van der Waals surface area contributed by atoms with Gasteiger partial charge >= 0.3 is 0 Å². The van der Waals surface area contributed by atoms with Crippen LogP contribution in [0.4, 0.5) is 0 Å². The number of aryl methyl sites for hydroxylation is 1. The lowest BCUT2D eigenvalue weighted by molar-refractivity contribution is 0.341. The van der Waals surface area contributed by atoms with Crippen LogP contribution in [0, 0.1) is 13.8 Å². The van der Waals surface area contributed by atoms with Gasteiger partial charge in [-0.1, -0.05) is 29.3 Å². The number of ether oxygens (including phenoxy) is 1. The van der Waals surface area contributed by atoms with Crippen molar-refractivity contribution in [2.45, 2.75) is 25.7 Å². The van der Waals surface area contributed by atoms with Gasteiger partial charge in [0, 0.05) is 10.4 Å². The third kappa shape index (κ3) is 2.68. The fraction of sp³-hybridized carbons (Fsp3) is 0.222. The van der Waals surface area contributed by atoms with Gasteiger partial charge in [-0.25, -0.2) is 12.4 Å². The lowest BCUT2D eigenvalue weighted by atomic mass is 10.2. The predicted octanol–water partition coefficient (Wildman–Crippen LogP) is 4.55. The molecule has 4 nitrogen and oxygen atoms in total. The molecule has 0 saturated heterocycles. The number of benzene rings is 2. The van der Waals surface area contributed by atoms with Crippen molar-refractivity contribution in [3.8, 4) is 5.75 Å². The molecule has 6 heteroatoms. The summed E-state index contributed by atoms with van der Waals surface area (Å²) in [6, 6.07) is 12.0. The van der Waals surface area contributed by atoms with Gasteiger partial charge < -0.3 is 4.74 Å². The highest BCUT2D eigenvalue weighted by atomic mass is 35.5. The van der Waals surface area contributed by atoms with Crippen molar-refractivity contribution in [3.05, 3.63) is 58.7 Å². The minimum Gasteiger partial charge on any atom is -0.491 e. The first kappa shape index (κ1) is 16.9. The van der Waals surface area contributed by atoms with E-state index in [-0.39, 0.29) is 4.90 Å². The molecule has 0 aliphatic heterocycles. The van der Waals surface area contributed by atoms with Gasteiger partial charge in [-0.05, 0) is 51.1 Å². The fourth-order valence-corrected chi connectivity index (χ4v) is 4.50. The van der Waals surface area contributed by atoms with Crippen molar-refractivity contribution in [2.75, 3.05) is 6.61 Å². The van der Waals surface area contributed by atoms with Gasteiger partial charge in [-0.3, -0.25) is 0 Å². The standard InChI is InChI=1S/C18H18ClNO3S/c1-4-23-18-13(3)20(17-11-14(19)7-10-16(17)18)24(21,22)15-8-5-12(2)6-9-15/h5-11H,4H2,1-3H3. The molecule has 24 heavy (non-hydrogen) atoms. The third-order valence-electron chi connectivity index (χ3n) is 3.90. The molecule has 1 aromatic heterocycles. The van der Waals surface area contributed by atoms with Crippen molar-refractivity contribution in [1.82, 2.24) is 3.97 Å². The predicted molar refractivity (Wildman–Crippen MR) is 96.6 cm³/mol. The summed E-state index contributed by atoms with van der Waals surface area (Å²) < 4.78 is 33.3. The number of hydrogen-bond donors (Lipinski definition) is 0. The highest BCUT2D eigenvalue weighted by Crippen LogP contribution is 2.36. The van der Waals surface area contributed by atoms with Crippen LogP contribution >= 0.6 is 11.6 Å². The monoisotopic (exact) mass is 363 g/mol. The summed E-state index contributed by atoms with van der Waals surface area (Å²) in [4.78, 5) is 0.233. The zero-order valence-corrected chi connectivity index (χ0v) is 15.3. The molecule has 0 radical (unpaired) electrons. The van der Waals surface area contributed by atoms with E-state index in [0.29, 0.717) is 28.6 Å². The van der Waals surface area contributed by atoms with E-state index in [1.165, 1.54) is 3.97 Å². The van der Waals surface area contributed by atoms with Crippen LogP contribution in [0.2, 0.25) is 5.02 Å². The first-order valence-corrected chi connectivity index (χ1v) is 9.43. The largest absolute Gasteiger partial charge is 0.491 e. The molecule has 0 amide bonds. The van der Waals surface area contributed by atoms with Crippen LogP contribution in [0.5, 0.6) is 5.75 Å². The Hall–Kier alpha value is -1.98. The molecule has 0 unspecified atom stereocenters. The number of aromatic nitrogens is 1. The van der Waals surface area contributed by atoms with Gasteiger partial charge in [0.1, 0.15) is 5.75 Å². The lowest BCUT2D eigenvalue weighted by Crippen LogP contribution is -2.14. The van der Waals surface area contributed by atoms with Crippen LogP contribution in [0.15, 0.2) is 47.4 Å². The van der Waals surface area contributed by atoms with E-state index in [1.54, 1.807) is 49.4 Å². The number of rotatable bonds is 4. The molecule has 1 heterocycles. The van der Waals surface area contributed by atoms with E-state index < -0.39 is 10.0 Å². The Morgan fingerprint density at radius 1 is 1.08 bits per heavy atom. The maximum atomic E-state index is 13.2. The molecular weight excluding hydrogens is 346 g/mol. The van der Waals surface area contributed by atoms with Gasteiger partial charge in [0.05, 0.1) is 22.7 Å². The van der Waals surface area contributed by atoms with Gasteiger partial charge in [0.25, 0.3) is 10.0 Å². The minimum atomic E-state index is -3.75. The SMILES string of the molecule is CCOc1c(C)n(S(=O)(=O)c2ccc(C)cc2)c2cc(Cl)ccc12. The molecule has 0 N–H and O–H groups in total. The molecule has 0 atom stereocenters. The second-order valence-electron chi connectivity index (χ2n) is 5.59. The first-order chi connectivity index (χ1) is 11.4. The van der Waals surface area contributed by atoms with Crippen molar-refractivity contribution < 1.29 is 13.2 Å². The average molecular weight is 364 g/mol. The van der Waals surface area contributed by atoms with Crippen molar-refractivity contribution >= 4 is 32.5 Å². The zero-order chi connectivity index (χ0) is 17.5. The summed E-state index contributed by atoms with van der Waals surface area (Å²) in [5.41, 5.74) is 2.06. The molecular formula is C18H18ClNO3S. The quantitative estimate of drug-likeness (QED) is 0.683. The molecule has 0 bridgehead atoms. The van der Waals surface area contributed by atoms with E-state index in [4.69, 9.17) is 16.3 Å². The summed E-state index contributed by atoms with van der Waals surface area (Å²) in [6.07, 6.45) is 0. The van der Waals surface area contributed by atoms with Gasteiger partial charge in [-0.2, -0.15) is 0 Å². The van der Waals surface area contributed by atoms with Crippen LogP contribution in [-0.2, 0) is 10.0 Å². The second-order valence-corrected chi connectivity index (χ2v) is 7.81. The van der Waals surface area contributed by atoms with Gasteiger partial charge in [0.2, 0.25) is 0 Å². The third-order valence-corrected chi connectivity index (χ3v) is 5.96. The van der Waals surface area contributed by atoms with Crippen LogP contribution in [0.3, 0.4) is 0 Å². The Balaban J connectivity index is 2.34. The Labute approximate surface area is 146 Å². The maximum absolute atomic E-state index is 13.2. The Kier molecular flexibility index (Phi) is 4.32. The van der Waals surface area contributed by atoms with Crippen LogP contribution < -0.4 is 4.74 Å². The fourth-order valence-electron chi connectivity index (χ4n) is 2.78. The zero-order valence-electron chi connectivity index (χ0n) is 13.7. The summed E-state index contributed by atoms with van der Waals surface area (Å²) >= 11 is 6.10. The molecule has 2 aromatic carbocycles. The maximum Gasteiger partial charge on any atom is 0.268 e. The lowest BCUT2D eigenvalue weighted by Gasteiger charge is -2.10. The summed E-state index contributed by atoms with van der Waals surface area (Å²) in [5.74, 6) is 0.569. The molecule has 0 saturated carbocycles. The summed E-state index contributed by atoms with van der Waals surface area (Å²) in [5, 5.41) is 1.21.